The van der Waals surface area contributed by atoms with Gasteiger partial charge in [0.25, 0.3) is 5.91 Å². The maximum absolute atomic E-state index is 12.2. The average Bonchev–Trinajstić information content (AvgIpc) is 2.77. The summed E-state index contributed by atoms with van der Waals surface area (Å²) in [7, 11) is 0. The Morgan fingerprint density at radius 2 is 2.14 bits per heavy atom. The van der Waals surface area contributed by atoms with Crippen LogP contribution < -0.4 is 5.32 Å². The van der Waals surface area contributed by atoms with Gasteiger partial charge in [0, 0.05) is 6.42 Å². The van der Waals surface area contributed by atoms with Gasteiger partial charge in [0.05, 0.1) is 5.70 Å². The molecule has 0 bridgehead atoms. The smallest absolute Gasteiger partial charge is 0.435 e. The van der Waals surface area contributed by atoms with Gasteiger partial charge in [-0.25, -0.2) is 9.79 Å². The van der Waals surface area contributed by atoms with E-state index in [2.05, 4.69) is 15.0 Å². The predicted octanol–water partition coefficient (Wildman–Crippen LogP) is 1.53. The van der Waals surface area contributed by atoms with E-state index in [4.69, 9.17) is 0 Å². The second-order valence-electron chi connectivity index (χ2n) is 4.67. The Morgan fingerprint density at radius 1 is 1.38 bits per heavy atom. The van der Waals surface area contributed by atoms with Crippen molar-refractivity contribution in [2.24, 2.45) is 4.99 Å². The largest absolute Gasteiger partial charge is 0.491 e. The molecule has 0 aromatic carbocycles. The Labute approximate surface area is 116 Å². The van der Waals surface area contributed by atoms with Crippen LogP contribution >= 0.6 is 0 Å². The van der Waals surface area contributed by atoms with Crippen molar-refractivity contribution in [1.29, 1.82) is 0 Å². The van der Waals surface area contributed by atoms with Crippen LogP contribution in [0.2, 0.25) is 0 Å². The van der Waals surface area contributed by atoms with E-state index < -0.39 is 24.3 Å². The molecule has 0 spiro atoms. The quantitative estimate of drug-likeness (QED) is 0.747. The number of alkyl halides is 3. The van der Waals surface area contributed by atoms with Crippen molar-refractivity contribution in [3.05, 3.63) is 35.1 Å². The minimum absolute atomic E-state index is 0.0209. The molecule has 2 heterocycles. The third-order valence-electron chi connectivity index (χ3n) is 3.28. The summed E-state index contributed by atoms with van der Waals surface area (Å²) in [6, 6.07) is 0. The van der Waals surface area contributed by atoms with Crippen molar-refractivity contribution in [1.82, 2.24) is 5.32 Å². The molecule has 3 rings (SSSR count). The fourth-order valence-corrected chi connectivity index (χ4v) is 2.39. The Bertz CT molecular complexity index is 656. The van der Waals surface area contributed by atoms with Crippen LogP contribution in [0.25, 0.3) is 0 Å². The van der Waals surface area contributed by atoms with E-state index in [1.54, 1.807) is 12.2 Å². The first kappa shape index (κ1) is 13.6. The lowest BCUT2D eigenvalue weighted by Gasteiger charge is -2.25. The number of nitrogens with one attached hydrogen (secondary N) is 1. The van der Waals surface area contributed by atoms with Gasteiger partial charge < -0.3 is 10.1 Å². The summed E-state index contributed by atoms with van der Waals surface area (Å²) >= 11 is 0. The number of esters is 1. The first-order valence-electron chi connectivity index (χ1n) is 6.13. The number of aliphatic imine (C=N–C) groups is 1. The highest BCUT2D eigenvalue weighted by molar-refractivity contribution is 6.47. The maximum Gasteiger partial charge on any atom is 0.491 e. The van der Waals surface area contributed by atoms with Gasteiger partial charge in [0.2, 0.25) is 0 Å². The first-order valence-corrected chi connectivity index (χ1v) is 6.13. The number of hydrogen-bond donors (Lipinski definition) is 1. The molecule has 0 saturated carbocycles. The number of hydrogen-bond acceptors (Lipinski definition) is 4. The minimum Gasteiger partial charge on any atom is -0.435 e. The zero-order valence-electron chi connectivity index (χ0n) is 10.5. The second kappa shape index (κ2) is 4.57. The third kappa shape index (κ3) is 2.37. The fourth-order valence-electron chi connectivity index (χ4n) is 2.39. The molecule has 1 fully saturated rings. The maximum atomic E-state index is 12.2. The zero-order chi connectivity index (χ0) is 15.2. The van der Waals surface area contributed by atoms with Crippen LogP contribution in [0.15, 0.2) is 40.1 Å². The minimum atomic E-state index is -5.09. The van der Waals surface area contributed by atoms with Crippen molar-refractivity contribution in [2.45, 2.75) is 25.2 Å². The number of piperidine rings is 1. The molecular formula is C13H9F3N2O3. The first-order chi connectivity index (χ1) is 9.86. The summed E-state index contributed by atoms with van der Waals surface area (Å²) in [4.78, 5) is 26.9. The fraction of sp³-hybridized carbons (Fsp3) is 0.308. The number of fused-ring (bicyclic) bond motifs is 2. The number of amides is 1. The van der Waals surface area contributed by atoms with Crippen LogP contribution in [-0.2, 0) is 14.3 Å². The molecule has 1 aliphatic carbocycles. The molecule has 110 valence electrons. The van der Waals surface area contributed by atoms with E-state index in [1.807, 2.05) is 6.08 Å². The molecule has 8 heteroatoms. The average molecular weight is 298 g/mol. The summed E-state index contributed by atoms with van der Waals surface area (Å²) in [6.07, 6.45) is -0.535. The van der Waals surface area contributed by atoms with E-state index in [-0.39, 0.29) is 12.1 Å². The van der Waals surface area contributed by atoms with E-state index in [0.717, 1.165) is 5.57 Å². The molecule has 3 aliphatic rings. The number of ether oxygens (including phenoxy) is 1. The molecule has 5 nitrogen and oxygen atoms in total. The Hall–Kier alpha value is -2.38. The molecule has 2 aliphatic heterocycles. The van der Waals surface area contributed by atoms with Crippen molar-refractivity contribution in [2.75, 3.05) is 0 Å². The molecule has 0 radical (unpaired) electrons. The van der Waals surface area contributed by atoms with Crippen molar-refractivity contribution in [3.8, 4) is 0 Å². The van der Waals surface area contributed by atoms with Crippen molar-refractivity contribution in [3.63, 3.8) is 0 Å². The van der Waals surface area contributed by atoms with Crippen molar-refractivity contribution < 1.29 is 27.5 Å². The number of carbonyl (C=O) groups is 2. The second-order valence-corrected chi connectivity index (χ2v) is 4.67. The highest BCUT2D eigenvalue weighted by atomic mass is 19.4. The standard InChI is InChI=1S/C13H9F3N2O3/c14-13(15,16)12(20)21-9-5-7-6-3-1-2-4-8(6)17-10(7)11(19)18-9/h1-2,4,9H,3,5H2,(H,18,19). The number of rotatable bonds is 1. The van der Waals surface area contributed by atoms with Gasteiger partial charge in [-0.3, -0.25) is 4.79 Å². The lowest BCUT2D eigenvalue weighted by atomic mass is 9.93. The molecule has 0 aromatic rings. The van der Waals surface area contributed by atoms with E-state index in [9.17, 15) is 22.8 Å². The van der Waals surface area contributed by atoms with E-state index in [0.29, 0.717) is 17.7 Å². The summed E-state index contributed by atoms with van der Waals surface area (Å²) in [6.45, 7) is 0. The van der Waals surface area contributed by atoms with Gasteiger partial charge in [-0.05, 0) is 23.6 Å². The number of carbonyl (C=O) groups excluding carboxylic acids is 2. The third-order valence-corrected chi connectivity index (χ3v) is 3.28. The van der Waals surface area contributed by atoms with E-state index in [1.165, 1.54) is 0 Å². The van der Waals surface area contributed by atoms with Crippen LogP contribution in [0.3, 0.4) is 0 Å². The number of nitrogens with zero attached hydrogens (tertiary/aromatic N) is 1. The Morgan fingerprint density at radius 3 is 2.86 bits per heavy atom. The highest BCUT2D eigenvalue weighted by Crippen LogP contribution is 2.35. The van der Waals surface area contributed by atoms with Gasteiger partial charge in [-0.15, -0.1) is 0 Å². The molecule has 21 heavy (non-hydrogen) atoms. The van der Waals surface area contributed by atoms with Crippen LogP contribution in [0.4, 0.5) is 13.2 Å². The summed E-state index contributed by atoms with van der Waals surface area (Å²) in [5, 5.41) is 2.21. The summed E-state index contributed by atoms with van der Waals surface area (Å²) in [5.41, 5.74) is 2.13. The topological polar surface area (TPSA) is 67.8 Å². The monoisotopic (exact) mass is 298 g/mol. The molecule has 1 saturated heterocycles. The van der Waals surface area contributed by atoms with Crippen LogP contribution in [0.5, 0.6) is 0 Å². The number of allylic oxidation sites excluding steroid dienone is 4. The summed E-state index contributed by atoms with van der Waals surface area (Å²) < 4.78 is 40.9. The lowest BCUT2D eigenvalue weighted by Crippen LogP contribution is -2.48. The Kier molecular flexibility index (Phi) is 2.96. The zero-order valence-corrected chi connectivity index (χ0v) is 10.5. The molecule has 0 aromatic heterocycles. The number of halogens is 3. The predicted molar refractivity (Wildman–Crippen MR) is 65.0 cm³/mol. The van der Waals surface area contributed by atoms with Crippen LogP contribution in [0.1, 0.15) is 12.8 Å². The van der Waals surface area contributed by atoms with Gasteiger partial charge in [0.1, 0.15) is 5.71 Å². The summed E-state index contributed by atoms with van der Waals surface area (Å²) in [5.74, 6) is -2.96. The molecule has 1 atom stereocenters. The van der Waals surface area contributed by atoms with Gasteiger partial charge in [-0.2, -0.15) is 13.2 Å². The van der Waals surface area contributed by atoms with Gasteiger partial charge >= 0.3 is 12.1 Å². The van der Waals surface area contributed by atoms with Crippen LogP contribution in [0, 0.1) is 0 Å². The SMILES string of the molecule is O=C1NC(OC(=O)C(F)(F)F)CC2=C3CC=CC=C3N=C12. The molecule has 1 unspecified atom stereocenters. The molecule has 1 N–H and O–H groups in total. The van der Waals surface area contributed by atoms with Crippen LogP contribution in [-0.4, -0.2) is 30.0 Å². The van der Waals surface area contributed by atoms with Gasteiger partial charge in [-0.1, -0.05) is 12.2 Å². The molecule has 1 amide bonds. The van der Waals surface area contributed by atoms with Crippen molar-refractivity contribution >= 4 is 17.6 Å². The van der Waals surface area contributed by atoms with E-state index >= 15 is 0 Å². The highest BCUT2D eigenvalue weighted by Gasteiger charge is 2.44. The van der Waals surface area contributed by atoms with Gasteiger partial charge in [0.15, 0.2) is 6.23 Å². The Balaban J connectivity index is 1.83. The molecular weight excluding hydrogens is 289 g/mol. The lowest BCUT2D eigenvalue weighted by molar-refractivity contribution is -0.206. The normalized spacial score (nSPS) is 24.0.